The lowest BCUT2D eigenvalue weighted by Gasteiger charge is -2.10. The first-order chi connectivity index (χ1) is 15.7. The van der Waals surface area contributed by atoms with Gasteiger partial charge in [-0.05, 0) is 37.1 Å². The molecule has 0 spiro atoms. The minimum absolute atomic E-state index is 0.530. The average molecular weight is 429 g/mol. The Morgan fingerprint density at radius 3 is 2.72 bits per heavy atom. The molecule has 0 aliphatic carbocycles. The Balaban J connectivity index is 1.37. The van der Waals surface area contributed by atoms with Crippen LogP contribution in [0.2, 0.25) is 0 Å². The number of aromatic nitrogens is 3. The van der Waals surface area contributed by atoms with Crippen molar-refractivity contribution in [2.24, 2.45) is 4.99 Å². The summed E-state index contributed by atoms with van der Waals surface area (Å²) in [6, 6.07) is 16.6. The van der Waals surface area contributed by atoms with Crippen molar-refractivity contribution in [3.8, 4) is 11.5 Å². The zero-order valence-corrected chi connectivity index (χ0v) is 18.5. The summed E-state index contributed by atoms with van der Waals surface area (Å²) >= 11 is 0. The minimum atomic E-state index is 0.530. The second-order valence-corrected chi connectivity index (χ2v) is 7.61. The Kier molecular flexibility index (Phi) is 6.97. The predicted molar refractivity (Wildman–Crippen MR) is 126 cm³/mol. The third-order valence-corrected chi connectivity index (χ3v) is 4.97. The zero-order chi connectivity index (χ0) is 22.2. The summed E-state index contributed by atoms with van der Waals surface area (Å²) in [5, 5.41) is 6.62. The number of benzene rings is 2. The van der Waals surface area contributed by atoms with Crippen molar-refractivity contribution in [3.63, 3.8) is 0 Å². The van der Waals surface area contributed by atoms with Crippen molar-refractivity contribution in [3.05, 3.63) is 95.9 Å². The normalized spacial score (nSPS) is 11.5. The highest BCUT2D eigenvalue weighted by atomic mass is 16.3. The topological polar surface area (TPSA) is 80.3 Å². The minimum Gasteiger partial charge on any atom is -0.444 e. The number of hydrogen-bond donors (Lipinski definition) is 2. The van der Waals surface area contributed by atoms with Gasteiger partial charge in [-0.1, -0.05) is 42.0 Å². The number of aryl methyl sites for hydroxylation is 1. The molecule has 0 atom stereocenters. The van der Waals surface area contributed by atoms with E-state index in [4.69, 9.17) is 9.41 Å². The van der Waals surface area contributed by atoms with E-state index < -0.39 is 0 Å². The van der Waals surface area contributed by atoms with E-state index in [1.807, 2.05) is 24.7 Å². The summed E-state index contributed by atoms with van der Waals surface area (Å²) in [5.41, 5.74) is 5.38. The lowest BCUT2D eigenvalue weighted by atomic mass is 10.1. The Hall–Kier alpha value is -3.87. The molecule has 7 heteroatoms. The van der Waals surface area contributed by atoms with Crippen molar-refractivity contribution < 1.29 is 4.42 Å². The standard InChI is InChI=1S/C25H28N6O/c1-3-27-25(28-14-20-5-4-6-21(13-20)16-31-12-11-26-18-31)29-15-23-17-32-24(30-23)22-9-7-19(2)8-10-22/h4-13,17-18H,3,14-16H2,1-2H3,(H2,27,28,29). The summed E-state index contributed by atoms with van der Waals surface area (Å²) < 4.78 is 7.70. The molecule has 2 aromatic heterocycles. The molecule has 7 nitrogen and oxygen atoms in total. The first-order valence-corrected chi connectivity index (χ1v) is 10.8. The first-order valence-electron chi connectivity index (χ1n) is 10.8. The Labute approximate surface area is 188 Å². The van der Waals surface area contributed by atoms with Gasteiger partial charge in [-0.2, -0.15) is 0 Å². The van der Waals surface area contributed by atoms with Gasteiger partial charge < -0.3 is 19.6 Å². The second-order valence-electron chi connectivity index (χ2n) is 7.61. The fourth-order valence-corrected chi connectivity index (χ4v) is 3.32. The molecule has 0 amide bonds. The smallest absolute Gasteiger partial charge is 0.226 e. The lowest BCUT2D eigenvalue weighted by molar-refractivity contribution is 0.572. The van der Waals surface area contributed by atoms with Crippen LogP contribution in [0.4, 0.5) is 0 Å². The van der Waals surface area contributed by atoms with Gasteiger partial charge in [0.05, 0.1) is 25.1 Å². The van der Waals surface area contributed by atoms with E-state index in [0.29, 0.717) is 19.0 Å². The number of rotatable bonds is 8. The summed E-state index contributed by atoms with van der Waals surface area (Å²) in [6.45, 7) is 6.80. The number of nitrogens with one attached hydrogen (secondary N) is 2. The fourth-order valence-electron chi connectivity index (χ4n) is 3.32. The van der Waals surface area contributed by atoms with E-state index >= 15 is 0 Å². The van der Waals surface area contributed by atoms with Gasteiger partial charge in [0, 0.05) is 31.0 Å². The lowest BCUT2D eigenvalue weighted by Crippen LogP contribution is -2.36. The highest BCUT2D eigenvalue weighted by molar-refractivity contribution is 5.79. The van der Waals surface area contributed by atoms with Gasteiger partial charge in [0.1, 0.15) is 6.26 Å². The summed E-state index contributed by atoms with van der Waals surface area (Å²) in [4.78, 5) is 13.4. The van der Waals surface area contributed by atoms with E-state index in [1.165, 1.54) is 11.1 Å². The average Bonchev–Trinajstić information content (AvgIpc) is 3.49. The van der Waals surface area contributed by atoms with Crippen LogP contribution in [0.1, 0.15) is 29.3 Å². The molecule has 0 fully saturated rings. The molecule has 2 N–H and O–H groups in total. The number of hydrogen-bond acceptors (Lipinski definition) is 4. The molecule has 0 aliphatic rings. The molecule has 0 bridgehead atoms. The van der Waals surface area contributed by atoms with Gasteiger partial charge in [-0.25, -0.2) is 15.0 Å². The van der Waals surface area contributed by atoms with E-state index in [0.717, 1.165) is 35.9 Å². The maximum absolute atomic E-state index is 5.65. The molecule has 0 radical (unpaired) electrons. The SMILES string of the molecule is CCNC(=NCc1cccc(Cn2ccnc2)c1)NCc1coc(-c2ccc(C)cc2)n1. The van der Waals surface area contributed by atoms with Crippen molar-refractivity contribution in [1.29, 1.82) is 0 Å². The van der Waals surface area contributed by atoms with Crippen molar-refractivity contribution in [1.82, 2.24) is 25.2 Å². The van der Waals surface area contributed by atoms with Gasteiger partial charge in [0.2, 0.25) is 5.89 Å². The predicted octanol–water partition coefficient (Wildman–Crippen LogP) is 4.15. The van der Waals surface area contributed by atoms with Crippen LogP contribution in [0.25, 0.3) is 11.5 Å². The van der Waals surface area contributed by atoms with Gasteiger partial charge in [-0.3, -0.25) is 0 Å². The molecular formula is C25H28N6O. The van der Waals surface area contributed by atoms with E-state index in [1.54, 1.807) is 12.5 Å². The van der Waals surface area contributed by atoms with Crippen LogP contribution >= 0.6 is 0 Å². The number of oxazole rings is 1. The van der Waals surface area contributed by atoms with Crippen LogP contribution in [-0.2, 0) is 19.6 Å². The largest absolute Gasteiger partial charge is 0.444 e. The maximum atomic E-state index is 5.65. The van der Waals surface area contributed by atoms with Crippen LogP contribution in [-0.4, -0.2) is 27.0 Å². The van der Waals surface area contributed by atoms with E-state index in [-0.39, 0.29) is 0 Å². The Morgan fingerprint density at radius 2 is 1.94 bits per heavy atom. The van der Waals surface area contributed by atoms with Crippen LogP contribution in [0.3, 0.4) is 0 Å². The maximum Gasteiger partial charge on any atom is 0.226 e. The van der Waals surface area contributed by atoms with Crippen LogP contribution < -0.4 is 10.6 Å². The Morgan fingerprint density at radius 1 is 1.09 bits per heavy atom. The number of aliphatic imine (C=N–C) groups is 1. The molecule has 164 valence electrons. The number of guanidine groups is 1. The quantitative estimate of drug-likeness (QED) is 0.326. The molecule has 4 rings (SSSR count). The zero-order valence-electron chi connectivity index (χ0n) is 18.5. The first kappa shape index (κ1) is 21.4. The van der Waals surface area contributed by atoms with Crippen LogP contribution in [0, 0.1) is 6.92 Å². The van der Waals surface area contributed by atoms with E-state index in [9.17, 15) is 0 Å². The molecule has 0 aliphatic heterocycles. The summed E-state index contributed by atoms with van der Waals surface area (Å²) in [7, 11) is 0. The molecular weight excluding hydrogens is 400 g/mol. The van der Waals surface area contributed by atoms with Gasteiger partial charge in [-0.15, -0.1) is 0 Å². The van der Waals surface area contributed by atoms with Crippen LogP contribution in [0.15, 0.2) is 82.9 Å². The van der Waals surface area contributed by atoms with Gasteiger partial charge in [0.25, 0.3) is 0 Å². The molecule has 32 heavy (non-hydrogen) atoms. The number of imidazole rings is 1. The molecule has 0 saturated heterocycles. The third kappa shape index (κ3) is 5.85. The molecule has 2 aromatic carbocycles. The monoisotopic (exact) mass is 428 g/mol. The van der Waals surface area contributed by atoms with Gasteiger partial charge in [0.15, 0.2) is 5.96 Å². The molecule has 0 saturated carbocycles. The van der Waals surface area contributed by atoms with Crippen LogP contribution in [0.5, 0.6) is 0 Å². The van der Waals surface area contributed by atoms with Gasteiger partial charge >= 0.3 is 0 Å². The summed E-state index contributed by atoms with van der Waals surface area (Å²) in [5.74, 6) is 1.37. The third-order valence-electron chi connectivity index (χ3n) is 4.97. The highest BCUT2D eigenvalue weighted by Crippen LogP contribution is 2.19. The molecule has 0 unspecified atom stereocenters. The second kappa shape index (κ2) is 10.4. The van der Waals surface area contributed by atoms with Crippen molar-refractivity contribution in [2.45, 2.75) is 33.5 Å². The number of nitrogens with zero attached hydrogens (tertiary/aromatic N) is 4. The summed E-state index contributed by atoms with van der Waals surface area (Å²) in [6.07, 6.45) is 7.27. The highest BCUT2D eigenvalue weighted by Gasteiger charge is 2.07. The Bertz CT molecular complexity index is 1150. The molecule has 4 aromatic rings. The van der Waals surface area contributed by atoms with E-state index in [2.05, 4.69) is 75.4 Å². The molecule has 2 heterocycles. The fraction of sp³-hybridized carbons (Fsp3) is 0.240. The van der Waals surface area contributed by atoms with Crippen molar-refractivity contribution in [2.75, 3.05) is 6.54 Å². The van der Waals surface area contributed by atoms with Crippen molar-refractivity contribution >= 4 is 5.96 Å².